The zero-order valence-electron chi connectivity index (χ0n) is 17.5. The summed E-state index contributed by atoms with van der Waals surface area (Å²) in [7, 11) is 5.60. The molecule has 0 bridgehead atoms. The second-order valence-corrected chi connectivity index (χ2v) is 8.16. The Morgan fingerprint density at radius 3 is 2.83 bits per heavy atom. The van der Waals surface area contributed by atoms with Crippen molar-refractivity contribution in [3.05, 3.63) is 69.7 Å². The molecular weight excluding hydrogens is 402 g/mol. The number of aromatic nitrogens is 3. The molecule has 3 aromatic rings. The molecular formula is C21H27N5O3S. The number of H-pyrrole nitrogens is 1. The number of thioether (sulfide) groups is 1. The van der Waals surface area contributed by atoms with E-state index in [9.17, 15) is 4.79 Å². The first-order chi connectivity index (χ1) is 14.5. The third-order valence-corrected chi connectivity index (χ3v) is 5.23. The Morgan fingerprint density at radius 2 is 2.07 bits per heavy atom. The number of ether oxygens (including phenoxy) is 1. The molecule has 0 atom stereocenters. The Balaban J connectivity index is 1.43. The Morgan fingerprint density at radius 1 is 1.23 bits per heavy atom. The van der Waals surface area contributed by atoms with Crippen LogP contribution in [0.15, 0.2) is 45.9 Å². The standard InChI is InChI=1S/C21H27N5O3S/c1-26(2)13-17-4-5-18(29-17)14-30-9-8-23-21-24-12-16(20(27)25-21)10-15-6-7-22-19(11-15)28-3/h4-7,11-12H,8-10,13-14H2,1-3H3,(H2,23,24,25,27). The first-order valence-electron chi connectivity index (χ1n) is 9.64. The summed E-state index contributed by atoms with van der Waals surface area (Å²) in [5.74, 6) is 4.62. The smallest absolute Gasteiger partial charge is 0.255 e. The third kappa shape index (κ3) is 6.64. The first-order valence-corrected chi connectivity index (χ1v) is 10.8. The number of hydrogen-bond acceptors (Lipinski definition) is 8. The lowest BCUT2D eigenvalue weighted by molar-refractivity contribution is 0.344. The summed E-state index contributed by atoms with van der Waals surface area (Å²) in [4.78, 5) is 25.6. The Hall–Kier alpha value is -2.78. The van der Waals surface area contributed by atoms with Crippen molar-refractivity contribution in [2.75, 3.05) is 38.8 Å². The van der Waals surface area contributed by atoms with Gasteiger partial charge in [0, 0.05) is 42.7 Å². The van der Waals surface area contributed by atoms with Crippen LogP contribution in [-0.4, -0.2) is 53.4 Å². The SMILES string of the molecule is COc1cc(Cc2cnc(NCCSCc3ccc(CN(C)C)o3)[nH]c2=O)ccn1. The summed E-state index contributed by atoms with van der Waals surface area (Å²) in [6.07, 6.45) is 3.74. The van der Waals surface area contributed by atoms with Crippen LogP contribution >= 0.6 is 11.8 Å². The van der Waals surface area contributed by atoms with Crippen molar-refractivity contribution < 1.29 is 9.15 Å². The van der Waals surface area contributed by atoms with Crippen LogP contribution in [0.1, 0.15) is 22.6 Å². The maximum atomic E-state index is 12.3. The van der Waals surface area contributed by atoms with Gasteiger partial charge in [0.2, 0.25) is 11.8 Å². The van der Waals surface area contributed by atoms with E-state index in [1.54, 1.807) is 31.3 Å². The highest BCUT2D eigenvalue weighted by atomic mass is 32.2. The third-order valence-electron chi connectivity index (χ3n) is 4.25. The van der Waals surface area contributed by atoms with Crippen molar-refractivity contribution in [2.45, 2.75) is 18.7 Å². The molecule has 0 fully saturated rings. The second-order valence-electron chi connectivity index (χ2n) is 7.05. The largest absolute Gasteiger partial charge is 0.481 e. The summed E-state index contributed by atoms with van der Waals surface area (Å²) in [5, 5.41) is 3.16. The van der Waals surface area contributed by atoms with E-state index in [0.717, 1.165) is 35.1 Å². The van der Waals surface area contributed by atoms with Crippen LogP contribution in [0.2, 0.25) is 0 Å². The van der Waals surface area contributed by atoms with Crippen LogP contribution < -0.4 is 15.6 Å². The molecule has 0 unspecified atom stereocenters. The van der Waals surface area contributed by atoms with Crippen molar-refractivity contribution >= 4 is 17.7 Å². The van der Waals surface area contributed by atoms with Crippen LogP contribution in [-0.2, 0) is 18.7 Å². The summed E-state index contributed by atoms with van der Waals surface area (Å²) >= 11 is 1.76. The second kappa shape index (κ2) is 10.8. The zero-order valence-corrected chi connectivity index (χ0v) is 18.3. The van der Waals surface area contributed by atoms with E-state index in [1.165, 1.54) is 0 Å². The van der Waals surface area contributed by atoms with E-state index in [4.69, 9.17) is 9.15 Å². The summed E-state index contributed by atoms with van der Waals surface area (Å²) in [6, 6.07) is 7.71. The van der Waals surface area contributed by atoms with Crippen molar-refractivity contribution in [3.63, 3.8) is 0 Å². The van der Waals surface area contributed by atoms with Crippen LogP contribution in [0.4, 0.5) is 5.95 Å². The molecule has 0 amide bonds. The fraction of sp³-hybridized carbons (Fsp3) is 0.381. The van der Waals surface area contributed by atoms with Gasteiger partial charge in [-0.05, 0) is 37.9 Å². The molecule has 0 aliphatic heterocycles. The Kier molecular flexibility index (Phi) is 7.92. The maximum Gasteiger partial charge on any atom is 0.255 e. The van der Waals surface area contributed by atoms with E-state index in [-0.39, 0.29) is 5.56 Å². The summed E-state index contributed by atoms with van der Waals surface area (Å²) in [6.45, 7) is 1.50. The van der Waals surface area contributed by atoms with Gasteiger partial charge in [0.05, 0.1) is 19.4 Å². The number of pyridine rings is 1. The normalized spacial score (nSPS) is 11.1. The minimum atomic E-state index is -0.153. The highest BCUT2D eigenvalue weighted by molar-refractivity contribution is 7.98. The molecule has 0 aliphatic rings. The molecule has 3 rings (SSSR count). The van der Waals surface area contributed by atoms with Gasteiger partial charge in [-0.2, -0.15) is 11.8 Å². The Labute approximate surface area is 180 Å². The molecule has 0 saturated carbocycles. The minimum absolute atomic E-state index is 0.153. The van der Waals surface area contributed by atoms with Gasteiger partial charge in [-0.3, -0.25) is 9.78 Å². The van der Waals surface area contributed by atoms with E-state index < -0.39 is 0 Å². The predicted octanol–water partition coefficient (Wildman–Crippen LogP) is 2.76. The number of aromatic amines is 1. The van der Waals surface area contributed by atoms with Gasteiger partial charge < -0.3 is 19.4 Å². The quantitative estimate of drug-likeness (QED) is 0.449. The molecule has 0 aliphatic carbocycles. The molecule has 2 N–H and O–H groups in total. The van der Waals surface area contributed by atoms with Crippen LogP contribution in [0, 0.1) is 0 Å². The van der Waals surface area contributed by atoms with Crippen molar-refractivity contribution in [3.8, 4) is 5.88 Å². The summed E-state index contributed by atoms with van der Waals surface area (Å²) in [5.41, 5.74) is 1.38. The van der Waals surface area contributed by atoms with Crippen LogP contribution in [0.3, 0.4) is 0 Å². The number of rotatable bonds is 11. The lowest BCUT2D eigenvalue weighted by atomic mass is 10.1. The molecule has 8 nitrogen and oxygen atoms in total. The van der Waals surface area contributed by atoms with Gasteiger partial charge in [-0.25, -0.2) is 9.97 Å². The Bertz CT molecular complexity index is 1000. The number of nitrogens with zero attached hydrogens (tertiary/aromatic N) is 3. The highest BCUT2D eigenvalue weighted by Gasteiger charge is 2.06. The van der Waals surface area contributed by atoms with Gasteiger partial charge in [0.1, 0.15) is 11.5 Å². The number of nitrogens with one attached hydrogen (secondary N) is 2. The van der Waals surface area contributed by atoms with E-state index in [2.05, 4.69) is 25.2 Å². The fourth-order valence-corrected chi connectivity index (χ4v) is 3.59. The van der Waals surface area contributed by atoms with Crippen molar-refractivity contribution in [2.24, 2.45) is 0 Å². The number of furan rings is 1. The molecule has 3 heterocycles. The predicted molar refractivity (Wildman–Crippen MR) is 119 cm³/mol. The molecule has 9 heteroatoms. The topological polar surface area (TPSA) is 96.3 Å². The van der Waals surface area contributed by atoms with Crippen LogP contribution in [0.25, 0.3) is 0 Å². The molecule has 0 saturated heterocycles. The monoisotopic (exact) mass is 429 g/mol. The van der Waals surface area contributed by atoms with Crippen molar-refractivity contribution in [1.29, 1.82) is 0 Å². The van der Waals surface area contributed by atoms with Gasteiger partial charge in [-0.15, -0.1) is 0 Å². The van der Waals surface area contributed by atoms with Gasteiger partial charge >= 0.3 is 0 Å². The van der Waals surface area contributed by atoms with E-state index in [0.29, 0.717) is 30.4 Å². The highest BCUT2D eigenvalue weighted by Crippen LogP contribution is 2.16. The first kappa shape index (κ1) is 21.9. The molecule has 30 heavy (non-hydrogen) atoms. The van der Waals surface area contributed by atoms with Crippen LogP contribution in [0.5, 0.6) is 5.88 Å². The maximum absolute atomic E-state index is 12.3. The van der Waals surface area contributed by atoms with E-state index >= 15 is 0 Å². The molecule has 0 spiro atoms. The van der Waals surface area contributed by atoms with E-state index in [1.807, 2.05) is 38.4 Å². The van der Waals surface area contributed by atoms with Gasteiger partial charge in [0.15, 0.2) is 0 Å². The summed E-state index contributed by atoms with van der Waals surface area (Å²) < 4.78 is 10.9. The molecule has 0 radical (unpaired) electrons. The van der Waals surface area contributed by atoms with Gasteiger partial charge in [-0.1, -0.05) is 0 Å². The number of methoxy groups -OCH3 is 1. The minimum Gasteiger partial charge on any atom is -0.481 e. The molecule has 160 valence electrons. The lowest BCUT2D eigenvalue weighted by Crippen LogP contribution is -2.18. The molecule has 0 aromatic carbocycles. The average Bonchev–Trinajstić information content (AvgIpc) is 3.16. The number of anilines is 1. The van der Waals surface area contributed by atoms with Crippen molar-refractivity contribution in [1.82, 2.24) is 19.9 Å². The molecule has 3 aromatic heterocycles. The number of hydrogen-bond donors (Lipinski definition) is 2. The average molecular weight is 430 g/mol. The fourth-order valence-electron chi connectivity index (χ4n) is 2.84. The zero-order chi connectivity index (χ0) is 21.3. The lowest BCUT2D eigenvalue weighted by Gasteiger charge is -2.07. The van der Waals surface area contributed by atoms with Gasteiger partial charge in [0.25, 0.3) is 5.56 Å².